The Kier molecular flexibility index (Phi) is 4.17. The van der Waals surface area contributed by atoms with Crippen molar-refractivity contribution in [2.75, 3.05) is 20.0 Å². The third-order valence-corrected chi connectivity index (χ3v) is 4.19. The van der Waals surface area contributed by atoms with Crippen LogP contribution in [0.3, 0.4) is 0 Å². The lowest BCUT2D eigenvalue weighted by molar-refractivity contribution is 0.275. The highest BCUT2D eigenvalue weighted by atomic mass is 35.5. The number of nitrogens with two attached hydrogens (primary N) is 1. The van der Waals surface area contributed by atoms with Crippen LogP contribution in [0.4, 0.5) is 5.69 Å². The number of rotatable bonds is 4. The van der Waals surface area contributed by atoms with E-state index < -0.39 is 7.60 Å². The lowest BCUT2D eigenvalue weighted by atomic mass is 10.2. The van der Waals surface area contributed by atoms with Crippen LogP contribution in [0.1, 0.15) is 5.56 Å². The minimum Gasteiger partial charge on any atom is -0.399 e. The molecule has 1 aromatic rings. The highest BCUT2D eigenvalue weighted by Crippen LogP contribution is 2.50. The molecule has 0 aliphatic rings. The predicted octanol–water partition coefficient (Wildman–Crippen LogP) is 2.91. The van der Waals surface area contributed by atoms with Gasteiger partial charge in [0.1, 0.15) is 0 Å². The molecule has 0 amide bonds. The van der Waals surface area contributed by atoms with E-state index in [0.717, 1.165) is 0 Å². The molecule has 0 aliphatic carbocycles. The van der Waals surface area contributed by atoms with Crippen molar-refractivity contribution in [1.82, 2.24) is 0 Å². The van der Waals surface area contributed by atoms with Crippen LogP contribution in [0, 0.1) is 0 Å². The minimum atomic E-state index is -3.07. The van der Waals surface area contributed by atoms with E-state index >= 15 is 0 Å². The quantitative estimate of drug-likeness (QED) is 0.658. The summed E-state index contributed by atoms with van der Waals surface area (Å²) in [5.74, 6) is 0. The Morgan fingerprint density at radius 2 is 2.00 bits per heavy atom. The zero-order valence-electron chi connectivity index (χ0n) is 8.57. The van der Waals surface area contributed by atoms with Crippen LogP contribution in [-0.4, -0.2) is 14.2 Å². The van der Waals surface area contributed by atoms with Crippen LogP contribution in [-0.2, 0) is 19.8 Å². The molecule has 0 unspecified atom stereocenters. The summed E-state index contributed by atoms with van der Waals surface area (Å²) in [7, 11) is -0.385. The van der Waals surface area contributed by atoms with E-state index in [0.29, 0.717) is 16.3 Å². The number of halogens is 1. The molecular weight excluding hydrogens is 237 g/mol. The fourth-order valence-electron chi connectivity index (χ4n) is 1.10. The Morgan fingerprint density at radius 3 is 2.47 bits per heavy atom. The maximum absolute atomic E-state index is 11.8. The van der Waals surface area contributed by atoms with Crippen molar-refractivity contribution in [3.05, 3.63) is 28.8 Å². The first-order chi connectivity index (χ1) is 7.00. The van der Waals surface area contributed by atoms with Crippen LogP contribution in [0.2, 0.25) is 5.02 Å². The van der Waals surface area contributed by atoms with Gasteiger partial charge in [0.15, 0.2) is 0 Å². The fraction of sp³-hybridized carbons (Fsp3) is 0.333. The van der Waals surface area contributed by atoms with Gasteiger partial charge in [0.05, 0.1) is 6.16 Å². The maximum Gasteiger partial charge on any atom is 0.334 e. The lowest BCUT2D eigenvalue weighted by Crippen LogP contribution is -1.95. The third kappa shape index (κ3) is 3.21. The summed E-state index contributed by atoms with van der Waals surface area (Å²) in [5.41, 5.74) is 6.80. The summed E-state index contributed by atoms with van der Waals surface area (Å²) in [6.45, 7) is 0. The Labute approximate surface area is 93.9 Å². The van der Waals surface area contributed by atoms with Gasteiger partial charge in [-0.1, -0.05) is 17.7 Å². The van der Waals surface area contributed by atoms with Gasteiger partial charge in [-0.3, -0.25) is 4.57 Å². The van der Waals surface area contributed by atoms with Crippen molar-refractivity contribution < 1.29 is 13.6 Å². The standard InChI is InChI=1S/C9H13ClNO3P/c1-13-15(12,14-2)6-7-3-4-8(11)5-9(7)10/h3-5H,6,11H2,1-2H3. The van der Waals surface area contributed by atoms with Crippen LogP contribution in [0.15, 0.2) is 18.2 Å². The molecule has 0 saturated carbocycles. The largest absolute Gasteiger partial charge is 0.399 e. The van der Waals surface area contributed by atoms with Crippen molar-refractivity contribution in [3.8, 4) is 0 Å². The molecule has 4 nitrogen and oxygen atoms in total. The average molecular weight is 250 g/mol. The van der Waals surface area contributed by atoms with E-state index in [1.54, 1.807) is 18.2 Å². The Morgan fingerprint density at radius 1 is 1.40 bits per heavy atom. The summed E-state index contributed by atoms with van der Waals surface area (Å²) < 4.78 is 21.5. The van der Waals surface area contributed by atoms with E-state index in [1.807, 2.05) is 0 Å². The lowest BCUT2D eigenvalue weighted by Gasteiger charge is -2.14. The van der Waals surface area contributed by atoms with Crippen molar-refractivity contribution in [2.45, 2.75) is 6.16 Å². The van der Waals surface area contributed by atoms with E-state index in [4.69, 9.17) is 26.4 Å². The smallest absolute Gasteiger partial charge is 0.334 e. The first-order valence-electron chi connectivity index (χ1n) is 4.25. The molecule has 0 atom stereocenters. The van der Waals surface area contributed by atoms with Crippen molar-refractivity contribution in [2.24, 2.45) is 0 Å². The van der Waals surface area contributed by atoms with E-state index in [-0.39, 0.29) is 6.16 Å². The van der Waals surface area contributed by atoms with Gasteiger partial charge >= 0.3 is 7.60 Å². The van der Waals surface area contributed by atoms with Gasteiger partial charge in [-0.2, -0.15) is 0 Å². The zero-order chi connectivity index (χ0) is 11.5. The second-order valence-corrected chi connectivity index (χ2v) is 5.66. The normalized spacial score (nSPS) is 11.7. The van der Waals surface area contributed by atoms with Gasteiger partial charge in [0.25, 0.3) is 0 Å². The van der Waals surface area contributed by atoms with Crippen molar-refractivity contribution >= 4 is 24.9 Å². The van der Waals surface area contributed by atoms with Crippen molar-refractivity contribution in [3.63, 3.8) is 0 Å². The zero-order valence-corrected chi connectivity index (χ0v) is 10.2. The molecule has 0 spiro atoms. The van der Waals surface area contributed by atoms with Gasteiger partial charge < -0.3 is 14.8 Å². The van der Waals surface area contributed by atoms with Gasteiger partial charge in [-0.25, -0.2) is 0 Å². The number of nitrogen functional groups attached to an aromatic ring is 1. The molecular formula is C9H13ClNO3P. The van der Waals surface area contributed by atoms with E-state index in [2.05, 4.69) is 0 Å². The molecule has 0 saturated heterocycles. The van der Waals surface area contributed by atoms with E-state index in [9.17, 15) is 4.57 Å². The minimum absolute atomic E-state index is 0.138. The van der Waals surface area contributed by atoms with Crippen LogP contribution in [0.5, 0.6) is 0 Å². The number of anilines is 1. The highest BCUT2D eigenvalue weighted by molar-refractivity contribution is 7.52. The first-order valence-corrected chi connectivity index (χ1v) is 6.36. The topological polar surface area (TPSA) is 61.5 Å². The van der Waals surface area contributed by atoms with Crippen LogP contribution in [0.25, 0.3) is 0 Å². The molecule has 0 bridgehead atoms. The monoisotopic (exact) mass is 249 g/mol. The Hall–Kier alpha value is -0.540. The summed E-state index contributed by atoms with van der Waals surface area (Å²) >= 11 is 5.94. The second-order valence-electron chi connectivity index (χ2n) is 2.99. The maximum atomic E-state index is 11.8. The van der Waals surface area contributed by atoms with Gasteiger partial charge in [-0.05, 0) is 17.7 Å². The SMILES string of the molecule is COP(=O)(Cc1ccc(N)cc1Cl)OC. The Bertz CT molecular complexity index is 389. The molecule has 15 heavy (non-hydrogen) atoms. The van der Waals surface area contributed by atoms with Crippen LogP contribution < -0.4 is 5.73 Å². The number of hydrogen-bond acceptors (Lipinski definition) is 4. The second kappa shape index (κ2) is 4.99. The summed E-state index contributed by atoms with van der Waals surface area (Å²) in [4.78, 5) is 0. The van der Waals surface area contributed by atoms with Gasteiger partial charge in [0, 0.05) is 24.9 Å². The molecule has 1 rings (SSSR count). The van der Waals surface area contributed by atoms with E-state index in [1.165, 1.54) is 14.2 Å². The van der Waals surface area contributed by atoms with Crippen molar-refractivity contribution in [1.29, 1.82) is 0 Å². The van der Waals surface area contributed by atoms with Gasteiger partial charge in [-0.15, -0.1) is 0 Å². The number of hydrogen-bond donors (Lipinski definition) is 1. The molecule has 6 heteroatoms. The number of benzene rings is 1. The summed E-state index contributed by atoms with van der Waals surface area (Å²) in [6.07, 6.45) is 0.138. The summed E-state index contributed by atoms with van der Waals surface area (Å²) in [5, 5.41) is 0.462. The fourth-order valence-corrected chi connectivity index (χ4v) is 2.55. The molecule has 0 aromatic heterocycles. The molecule has 2 N–H and O–H groups in total. The molecule has 0 aliphatic heterocycles. The third-order valence-electron chi connectivity index (χ3n) is 2.00. The molecule has 0 radical (unpaired) electrons. The molecule has 1 aromatic carbocycles. The molecule has 0 heterocycles. The van der Waals surface area contributed by atoms with Crippen LogP contribution >= 0.6 is 19.2 Å². The first kappa shape index (κ1) is 12.5. The van der Waals surface area contributed by atoms with Gasteiger partial charge in [0.2, 0.25) is 0 Å². The average Bonchev–Trinajstić information content (AvgIpc) is 2.22. The molecule has 84 valence electrons. The Balaban J connectivity index is 2.94. The highest BCUT2D eigenvalue weighted by Gasteiger charge is 2.22. The predicted molar refractivity (Wildman–Crippen MR) is 61.2 cm³/mol. The molecule has 0 fully saturated rings. The summed E-state index contributed by atoms with van der Waals surface area (Å²) in [6, 6.07) is 5.01.